The van der Waals surface area contributed by atoms with Crippen molar-refractivity contribution >= 4 is 34.8 Å². The molecule has 2 amide bonds. The highest BCUT2D eigenvalue weighted by atomic mass is 35.5. The van der Waals surface area contributed by atoms with Crippen molar-refractivity contribution in [3.63, 3.8) is 0 Å². The summed E-state index contributed by atoms with van der Waals surface area (Å²) in [7, 11) is 1.55. The molecule has 0 radical (unpaired) electrons. The van der Waals surface area contributed by atoms with Crippen molar-refractivity contribution in [3.8, 4) is 5.75 Å². The van der Waals surface area contributed by atoms with Crippen molar-refractivity contribution in [2.24, 2.45) is 0 Å². The molecule has 3 rings (SSSR count). The summed E-state index contributed by atoms with van der Waals surface area (Å²) in [5, 5.41) is 9.30. The number of anilines is 2. The topological polar surface area (TPSA) is 79.5 Å². The Morgan fingerprint density at radius 1 is 1.10 bits per heavy atom. The van der Waals surface area contributed by atoms with Gasteiger partial charge in [-0.2, -0.15) is 0 Å². The highest BCUT2D eigenvalue weighted by molar-refractivity contribution is 6.34. The lowest BCUT2D eigenvalue weighted by molar-refractivity contribution is -0.114. The molecule has 1 aliphatic carbocycles. The summed E-state index contributed by atoms with van der Waals surface area (Å²) in [6.07, 6.45) is 5.52. The van der Waals surface area contributed by atoms with Crippen LogP contribution in [-0.4, -0.2) is 31.5 Å². The van der Waals surface area contributed by atoms with Crippen molar-refractivity contribution in [3.05, 3.63) is 53.1 Å². The van der Waals surface area contributed by atoms with Crippen LogP contribution in [0, 0.1) is 0 Å². The van der Waals surface area contributed by atoms with Crippen LogP contribution in [0.15, 0.2) is 42.5 Å². The molecule has 2 aromatic rings. The summed E-state index contributed by atoms with van der Waals surface area (Å²) >= 11 is 6.23. The van der Waals surface area contributed by atoms with Crippen molar-refractivity contribution in [1.82, 2.24) is 5.32 Å². The van der Waals surface area contributed by atoms with Gasteiger partial charge in [0.2, 0.25) is 5.91 Å². The predicted octanol–water partition coefficient (Wildman–Crippen LogP) is 4.46. The number of para-hydroxylation sites is 2. The fourth-order valence-electron chi connectivity index (χ4n) is 3.44. The third kappa shape index (κ3) is 5.87. The molecule has 6 nitrogen and oxygen atoms in total. The first-order valence-electron chi connectivity index (χ1n) is 9.84. The molecule has 1 saturated carbocycles. The first kappa shape index (κ1) is 21.0. The normalized spacial score (nSPS) is 14.1. The summed E-state index contributed by atoms with van der Waals surface area (Å²) in [6, 6.07) is 12.5. The van der Waals surface area contributed by atoms with E-state index in [-0.39, 0.29) is 24.4 Å². The van der Waals surface area contributed by atoms with Crippen molar-refractivity contribution in [1.29, 1.82) is 0 Å². The van der Waals surface area contributed by atoms with Gasteiger partial charge in [-0.1, -0.05) is 43.0 Å². The van der Waals surface area contributed by atoms with E-state index in [1.807, 2.05) is 12.1 Å². The average molecular weight is 416 g/mol. The molecule has 0 aliphatic heterocycles. The molecule has 154 valence electrons. The molecular weight excluding hydrogens is 390 g/mol. The van der Waals surface area contributed by atoms with Gasteiger partial charge in [0.15, 0.2) is 0 Å². The van der Waals surface area contributed by atoms with Crippen LogP contribution < -0.4 is 20.7 Å². The highest BCUT2D eigenvalue weighted by Crippen LogP contribution is 2.24. The lowest BCUT2D eigenvalue weighted by atomic mass is 9.95. The third-order valence-corrected chi connectivity index (χ3v) is 5.32. The number of ether oxygens (including phenoxy) is 1. The monoisotopic (exact) mass is 415 g/mol. The van der Waals surface area contributed by atoms with Gasteiger partial charge >= 0.3 is 0 Å². The number of methoxy groups -OCH3 is 1. The number of nitrogens with one attached hydrogen (secondary N) is 3. The third-order valence-electron chi connectivity index (χ3n) is 4.99. The molecule has 3 N–H and O–H groups in total. The summed E-state index contributed by atoms with van der Waals surface area (Å²) < 4.78 is 5.23. The molecule has 0 bridgehead atoms. The maximum atomic E-state index is 12.6. The molecular formula is C22H26ClN3O3. The first-order valence-corrected chi connectivity index (χ1v) is 10.2. The fourth-order valence-corrected chi connectivity index (χ4v) is 3.65. The zero-order chi connectivity index (χ0) is 20.6. The van der Waals surface area contributed by atoms with Crippen LogP contribution in [0.25, 0.3) is 0 Å². The van der Waals surface area contributed by atoms with Gasteiger partial charge in [0.25, 0.3) is 5.91 Å². The minimum Gasteiger partial charge on any atom is -0.495 e. The van der Waals surface area contributed by atoms with Crippen LogP contribution in [0.5, 0.6) is 5.75 Å². The van der Waals surface area contributed by atoms with Gasteiger partial charge in [-0.15, -0.1) is 0 Å². The summed E-state index contributed by atoms with van der Waals surface area (Å²) in [6.45, 7) is 0.0450. The van der Waals surface area contributed by atoms with Crippen LogP contribution in [-0.2, 0) is 4.79 Å². The number of rotatable bonds is 7. The molecule has 0 spiro atoms. The van der Waals surface area contributed by atoms with Crippen LogP contribution in [0.2, 0.25) is 5.02 Å². The Hall–Kier alpha value is -2.73. The Morgan fingerprint density at radius 2 is 1.86 bits per heavy atom. The number of hydrogen-bond acceptors (Lipinski definition) is 4. The molecule has 7 heteroatoms. The quantitative estimate of drug-likeness (QED) is 0.623. The van der Waals surface area contributed by atoms with E-state index in [1.54, 1.807) is 37.4 Å². The Balaban J connectivity index is 1.59. The minimum absolute atomic E-state index is 0.0450. The molecule has 2 aromatic carbocycles. The van der Waals surface area contributed by atoms with Gasteiger partial charge in [-0.05, 0) is 43.2 Å². The number of hydrogen-bond donors (Lipinski definition) is 3. The van der Waals surface area contributed by atoms with Gasteiger partial charge in [-0.3, -0.25) is 9.59 Å². The lowest BCUT2D eigenvalue weighted by Crippen LogP contribution is -2.36. The Kier molecular flexibility index (Phi) is 7.36. The largest absolute Gasteiger partial charge is 0.495 e. The van der Waals surface area contributed by atoms with Gasteiger partial charge in [0.05, 0.1) is 29.9 Å². The van der Waals surface area contributed by atoms with E-state index in [0.29, 0.717) is 27.7 Å². The Morgan fingerprint density at radius 3 is 2.62 bits per heavy atom. The number of carbonyl (C=O) groups is 2. The van der Waals surface area contributed by atoms with Crippen LogP contribution in [0.3, 0.4) is 0 Å². The second-order valence-corrected chi connectivity index (χ2v) is 7.51. The number of halogens is 1. The molecule has 1 fully saturated rings. The van der Waals surface area contributed by atoms with Crippen molar-refractivity contribution < 1.29 is 14.3 Å². The number of amides is 2. The van der Waals surface area contributed by atoms with Crippen molar-refractivity contribution in [2.45, 2.75) is 38.1 Å². The molecule has 0 heterocycles. The molecule has 0 saturated heterocycles. The lowest BCUT2D eigenvalue weighted by Gasteiger charge is -2.23. The second kappa shape index (κ2) is 10.2. The minimum atomic E-state index is -0.224. The van der Waals surface area contributed by atoms with E-state index in [1.165, 1.54) is 6.42 Å². The molecule has 0 unspecified atom stereocenters. The zero-order valence-corrected chi connectivity index (χ0v) is 17.2. The van der Waals surface area contributed by atoms with Crippen LogP contribution in [0.1, 0.15) is 42.5 Å². The SMILES string of the molecule is COc1ccccc1NC(=O)CNc1ccc(Cl)c(C(=O)NC2CCCCC2)c1. The molecule has 29 heavy (non-hydrogen) atoms. The van der Waals surface area contributed by atoms with Crippen LogP contribution >= 0.6 is 11.6 Å². The van der Waals surface area contributed by atoms with E-state index in [2.05, 4.69) is 16.0 Å². The van der Waals surface area contributed by atoms with E-state index in [4.69, 9.17) is 16.3 Å². The average Bonchev–Trinajstić information content (AvgIpc) is 2.74. The smallest absolute Gasteiger partial charge is 0.253 e. The molecule has 0 atom stereocenters. The highest BCUT2D eigenvalue weighted by Gasteiger charge is 2.18. The van der Waals surface area contributed by atoms with E-state index in [9.17, 15) is 9.59 Å². The van der Waals surface area contributed by atoms with Crippen molar-refractivity contribution in [2.75, 3.05) is 24.3 Å². The maximum Gasteiger partial charge on any atom is 0.253 e. The van der Waals surface area contributed by atoms with Gasteiger partial charge < -0.3 is 20.7 Å². The van der Waals surface area contributed by atoms with Crippen LogP contribution in [0.4, 0.5) is 11.4 Å². The summed E-state index contributed by atoms with van der Waals surface area (Å²) in [4.78, 5) is 24.9. The number of benzene rings is 2. The maximum absolute atomic E-state index is 12.6. The number of carbonyl (C=O) groups excluding carboxylic acids is 2. The second-order valence-electron chi connectivity index (χ2n) is 7.11. The predicted molar refractivity (Wildman–Crippen MR) is 116 cm³/mol. The Bertz CT molecular complexity index is 866. The molecule has 1 aliphatic rings. The van der Waals surface area contributed by atoms with E-state index < -0.39 is 0 Å². The van der Waals surface area contributed by atoms with E-state index in [0.717, 1.165) is 25.7 Å². The summed E-state index contributed by atoms with van der Waals surface area (Å²) in [5.74, 6) is 0.190. The summed E-state index contributed by atoms with van der Waals surface area (Å²) in [5.41, 5.74) is 1.66. The molecule has 0 aromatic heterocycles. The Labute approximate surface area is 176 Å². The fraction of sp³-hybridized carbons (Fsp3) is 0.364. The standard InChI is InChI=1S/C22H26ClN3O3/c1-29-20-10-6-5-9-19(20)26-21(27)14-24-16-11-12-18(23)17(13-16)22(28)25-15-7-3-2-4-8-15/h5-6,9-13,15,24H,2-4,7-8,14H2,1H3,(H,25,28)(H,26,27). The first-order chi connectivity index (χ1) is 14.1. The van der Waals surface area contributed by atoms with Gasteiger partial charge in [0, 0.05) is 11.7 Å². The van der Waals surface area contributed by atoms with E-state index >= 15 is 0 Å². The zero-order valence-electron chi connectivity index (χ0n) is 16.5. The van der Waals surface area contributed by atoms with Gasteiger partial charge in [-0.25, -0.2) is 0 Å². The van der Waals surface area contributed by atoms with Gasteiger partial charge in [0.1, 0.15) is 5.75 Å².